The molecule has 0 saturated heterocycles. The van der Waals surface area contributed by atoms with Gasteiger partial charge in [-0.3, -0.25) is 4.79 Å². The summed E-state index contributed by atoms with van der Waals surface area (Å²) in [5.41, 5.74) is 1.99. The molecular formula is C22H21F3N2OS. The molecule has 152 valence electrons. The quantitative estimate of drug-likeness (QED) is 0.576. The Labute approximate surface area is 171 Å². The minimum Gasteiger partial charge on any atom is -0.350 e. The maximum atomic E-state index is 12.9. The molecule has 3 nitrogen and oxygen atoms in total. The number of rotatable bonds is 6. The van der Waals surface area contributed by atoms with E-state index in [1.54, 1.807) is 35.6 Å². The lowest BCUT2D eigenvalue weighted by atomic mass is 9.98. The first-order valence-corrected chi connectivity index (χ1v) is 9.95. The number of carbonyl (C=O) groups is 1. The second-order valence-corrected chi connectivity index (χ2v) is 7.65. The molecule has 3 aromatic rings. The SMILES string of the molecule is CN(C)C(CNC(=O)c1ccccc1-c1ccc(C(F)(F)F)cc1)c1ccsc1. The van der Waals surface area contributed by atoms with E-state index in [0.29, 0.717) is 23.2 Å². The number of likely N-dealkylation sites (N-methyl/N-ethyl adjacent to an activating group) is 1. The van der Waals surface area contributed by atoms with Gasteiger partial charge in [0.2, 0.25) is 0 Å². The van der Waals surface area contributed by atoms with E-state index >= 15 is 0 Å². The van der Waals surface area contributed by atoms with E-state index in [-0.39, 0.29) is 11.9 Å². The highest BCUT2D eigenvalue weighted by Crippen LogP contribution is 2.32. The number of hydrogen-bond donors (Lipinski definition) is 1. The Morgan fingerprint density at radius 1 is 1.07 bits per heavy atom. The Balaban J connectivity index is 1.80. The number of hydrogen-bond acceptors (Lipinski definition) is 3. The van der Waals surface area contributed by atoms with Gasteiger partial charge in [0.05, 0.1) is 11.6 Å². The maximum Gasteiger partial charge on any atom is 0.416 e. The molecule has 0 bridgehead atoms. The lowest BCUT2D eigenvalue weighted by Gasteiger charge is -2.24. The monoisotopic (exact) mass is 418 g/mol. The zero-order valence-corrected chi connectivity index (χ0v) is 16.8. The van der Waals surface area contributed by atoms with Gasteiger partial charge in [0.25, 0.3) is 5.91 Å². The molecular weight excluding hydrogens is 397 g/mol. The lowest BCUT2D eigenvalue weighted by molar-refractivity contribution is -0.137. The Morgan fingerprint density at radius 3 is 2.34 bits per heavy atom. The fraction of sp³-hybridized carbons (Fsp3) is 0.227. The number of thiophene rings is 1. The smallest absolute Gasteiger partial charge is 0.350 e. The molecule has 1 amide bonds. The van der Waals surface area contributed by atoms with Crippen molar-refractivity contribution in [2.75, 3.05) is 20.6 Å². The number of carbonyl (C=O) groups excluding carboxylic acids is 1. The van der Waals surface area contributed by atoms with Crippen LogP contribution in [0.2, 0.25) is 0 Å². The number of amides is 1. The molecule has 1 N–H and O–H groups in total. The molecule has 0 aliphatic heterocycles. The highest BCUT2D eigenvalue weighted by atomic mass is 32.1. The van der Waals surface area contributed by atoms with Gasteiger partial charge in [-0.15, -0.1) is 0 Å². The van der Waals surface area contributed by atoms with Crippen molar-refractivity contribution in [1.29, 1.82) is 0 Å². The van der Waals surface area contributed by atoms with E-state index in [1.807, 2.05) is 35.8 Å². The molecule has 2 aromatic carbocycles. The van der Waals surface area contributed by atoms with Crippen LogP contribution in [0.1, 0.15) is 27.5 Å². The number of nitrogens with zero attached hydrogens (tertiary/aromatic N) is 1. The van der Waals surface area contributed by atoms with Crippen molar-refractivity contribution in [2.24, 2.45) is 0 Å². The molecule has 1 heterocycles. The Bertz CT molecular complexity index is 951. The van der Waals surface area contributed by atoms with Crippen LogP contribution in [0.15, 0.2) is 65.4 Å². The standard InChI is InChI=1S/C22H21F3N2OS/c1-27(2)20(16-11-12-29-14-16)13-26-21(28)19-6-4-3-5-18(19)15-7-9-17(10-8-15)22(23,24)25/h3-12,14,20H,13H2,1-2H3,(H,26,28). The summed E-state index contributed by atoms with van der Waals surface area (Å²) in [5, 5.41) is 7.00. The van der Waals surface area contributed by atoms with Crippen LogP contribution in [0, 0.1) is 0 Å². The van der Waals surface area contributed by atoms with Gasteiger partial charge in [0.1, 0.15) is 0 Å². The van der Waals surface area contributed by atoms with Crippen LogP contribution in [0.25, 0.3) is 11.1 Å². The Kier molecular flexibility index (Phi) is 6.39. The average molecular weight is 418 g/mol. The van der Waals surface area contributed by atoms with E-state index < -0.39 is 11.7 Å². The molecule has 1 atom stereocenters. The zero-order chi connectivity index (χ0) is 21.0. The lowest BCUT2D eigenvalue weighted by Crippen LogP contribution is -2.34. The molecule has 0 radical (unpaired) electrons. The van der Waals surface area contributed by atoms with Gasteiger partial charge in [0, 0.05) is 12.1 Å². The summed E-state index contributed by atoms with van der Waals surface area (Å²) in [5.74, 6) is -0.262. The van der Waals surface area contributed by atoms with Crippen molar-refractivity contribution >= 4 is 17.2 Å². The van der Waals surface area contributed by atoms with Crippen molar-refractivity contribution in [2.45, 2.75) is 12.2 Å². The van der Waals surface area contributed by atoms with Crippen molar-refractivity contribution in [1.82, 2.24) is 10.2 Å². The van der Waals surface area contributed by atoms with Crippen LogP contribution in [-0.2, 0) is 6.18 Å². The summed E-state index contributed by atoms with van der Waals surface area (Å²) in [7, 11) is 3.90. The van der Waals surface area contributed by atoms with Crippen LogP contribution < -0.4 is 5.32 Å². The molecule has 1 aromatic heterocycles. The molecule has 0 saturated carbocycles. The molecule has 29 heavy (non-hydrogen) atoms. The molecule has 0 aliphatic rings. The first-order chi connectivity index (χ1) is 13.8. The Hall–Kier alpha value is -2.64. The van der Waals surface area contributed by atoms with Gasteiger partial charge in [-0.05, 0) is 65.8 Å². The van der Waals surface area contributed by atoms with Gasteiger partial charge in [-0.2, -0.15) is 24.5 Å². The number of nitrogens with one attached hydrogen (secondary N) is 1. The minimum atomic E-state index is -4.39. The summed E-state index contributed by atoms with van der Waals surface area (Å²) in [6.07, 6.45) is -4.39. The first-order valence-electron chi connectivity index (χ1n) is 9.00. The fourth-order valence-corrected chi connectivity index (χ4v) is 3.83. The molecule has 0 fully saturated rings. The topological polar surface area (TPSA) is 32.3 Å². The third kappa shape index (κ3) is 5.05. The summed E-state index contributed by atoms with van der Waals surface area (Å²) >= 11 is 1.60. The third-order valence-electron chi connectivity index (χ3n) is 4.70. The van der Waals surface area contributed by atoms with Crippen LogP contribution in [0.4, 0.5) is 13.2 Å². The maximum absolute atomic E-state index is 12.9. The van der Waals surface area contributed by atoms with Crippen molar-refractivity contribution in [3.63, 3.8) is 0 Å². The van der Waals surface area contributed by atoms with Crippen LogP contribution in [0.3, 0.4) is 0 Å². The van der Waals surface area contributed by atoms with Gasteiger partial charge in [-0.1, -0.05) is 30.3 Å². The predicted octanol–water partition coefficient (Wildman–Crippen LogP) is 5.47. The van der Waals surface area contributed by atoms with Gasteiger partial charge >= 0.3 is 6.18 Å². The van der Waals surface area contributed by atoms with Crippen molar-refractivity contribution in [3.05, 3.63) is 82.0 Å². The van der Waals surface area contributed by atoms with E-state index in [9.17, 15) is 18.0 Å². The highest BCUT2D eigenvalue weighted by molar-refractivity contribution is 7.07. The first kappa shape index (κ1) is 21.1. The van der Waals surface area contributed by atoms with E-state index in [2.05, 4.69) is 5.32 Å². The molecule has 0 spiro atoms. The van der Waals surface area contributed by atoms with Crippen LogP contribution in [0.5, 0.6) is 0 Å². The largest absolute Gasteiger partial charge is 0.416 e. The summed E-state index contributed by atoms with van der Waals surface area (Å²) in [4.78, 5) is 14.9. The van der Waals surface area contributed by atoms with Crippen LogP contribution >= 0.6 is 11.3 Å². The van der Waals surface area contributed by atoms with Gasteiger partial charge < -0.3 is 10.2 Å². The molecule has 7 heteroatoms. The normalized spacial score (nSPS) is 12.8. The van der Waals surface area contributed by atoms with Gasteiger partial charge in [-0.25, -0.2) is 0 Å². The third-order valence-corrected chi connectivity index (χ3v) is 5.40. The molecule has 3 rings (SSSR count). The minimum absolute atomic E-state index is 0.0310. The van der Waals surface area contributed by atoms with Gasteiger partial charge in [0.15, 0.2) is 0 Å². The fourth-order valence-electron chi connectivity index (χ4n) is 3.12. The second kappa shape index (κ2) is 8.80. The number of benzene rings is 2. The van der Waals surface area contributed by atoms with E-state index in [1.165, 1.54) is 12.1 Å². The zero-order valence-electron chi connectivity index (χ0n) is 16.0. The number of alkyl halides is 3. The van der Waals surface area contributed by atoms with Crippen molar-refractivity contribution < 1.29 is 18.0 Å². The molecule has 0 aliphatic carbocycles. The Morgan fingerprint density at radius 2 is 1.76 bits per heavy atom. The average Bonchev–Trinajstić information content (AvgIpc) is 3.21. The van der Waals surface area contributed by atoms with Crippen molar-refractivity contribution in [3.8, 4) is 11.1 Å². The summed E-state index contributed by atoms with van der Waals surface area (Å²) < 4.78 is 38.5. The summed E-state index contributed by atoms with van der Waals surface area (Å²) in [6, 6.07) is 13.8. The van der Waals surface area contributed by atoms with E-state index in [4.69, 9.17) is 0 Å². The van der Waals surface area contributed by atoms with E-state index in [0.717, 1.165) is 17.7 Å². The number of halogens is 3. The second-order valence-electron chi connectivity index (χ2n) is 6.87. The highest BCUT2D eigenvalue weighted by Gasteiger charge is 2.30. The predicted molar refractivity (Wildman–Crippen MR) is 110 cm³/mol. The van der Waals surface area contributed by atoms with Crippen LogP contribution in [-0.4, -0.2) is 31.4 Å². The molecule has 1 unspecified atom stereocenters. The summed E-state index contributed by atoms with van der Waals surface area (Å²) in [6.45, 7) is 0.421.